The van der Waals surface area contributed by atoms with Crippen LogP contribution in [0.3, 0.4) is 0 Å². The van der Waals surface area contributed by atoms with Crippen molar-refractivity contribution in [2.75, 3.05) is 45.9 Å². The van der Waals surface area contributed by atoms with Gasteiger partial charge in [0, 0.05) is 67.8 Å². The van der Waals surface area contributed by atoms with Crippen molar-refractivity contribution < 1.29 is 23.8 Å². The molecule has 1 fully saturated rings. The minimum Gasteiger partial charge on any atom is -0.491 e. The maximum atomic E-state index is 13.7. The largest absolute Gasteiger partial charge is 0.491 e. The molecule has 3 heterocycles. The minimum atomic E-state index is -0.669. The van der Waals surface area contributed by atoms with Crippen molar-refractivity contribution in [3.8, 4) is 5.75 Å². The van der Waals surface area contributed by atoms with E-state index in [1.54, 1.807) is 19.1 Å². The Bertz CT molecular complexity index is 1630. The third-order valence-corrected chi connectivity index (χ3v) is 8.84. The molecule has 1 aromatic heterocycles. The van der Waals surface area contributed by atoms with E-state index in [0.717, 1.165) is 46.4 Å². The van der Waals surface area contributed by atoms with Crippen LogP contribution in [-0.4, -0.2) is 88.6 Å². The number of H-pyrrole nitrogens is 1. The van der Waals surface area contributed by atoms with E-state index in [1.807, 2.05) is 52.3 Å². The zero-order valence-corrected chi connectivity index (χ0v) is 25.4. The molecular formula is C34H36ClFN4O4. The molecule has 10 heteroatoms. The highest BCUT2D eigenvalue weighted by molar-refractivity contribution is 6.31. The van der Waals surface area contributed by atoms with Gasteiger partial charge in [0.15, 0.2) is 0 Å². The van der Waals surface area contributed by atoms with Gasteiger partial charge in [-0.3, -0.25) is 14.5 Å². The predicted molar refractivity (Wildman–Crippen MR) is 167 cm³/mol. The molecule has 2 amide bonds. The third kappa shape index (κ3) is 6.60. The molecule has 2 aliphatic rings. The summed E-state index contributed by atoms with van der Waals surface area (Å²) in [4.78, 5) is 34.7. The van der Waals surface area contributed by atoms with Crippen molar-refractivity contribution in [3.05, 3.63) is 100.0 Å². The number of β-amino-alcohol motifs (C(OH)–C–C–N with tert-alkyl or cyclic N) is 1. The molecule has 0 bridgehead atoms. The summed E-state index contributed by atoms with van der Waals surface area (Å²) >= 11 is 6.34. The van der Waals surface area contributed by atoms with Gasteiger partial charge in [-0.15, -0.1) is 0 Å². The molecule has 8 nitrogen and oxygen atoms in total. The van der Waals surface area contributed by atoms with Crippen LogP contribution in [0.5, 0.6) is 5.75 Å². The molecule has 0 aliphatic carbocycles. The molecule has 44 heavy (non-hydrogen) atoms. The number of hydrogen-bond acceptors (Lipinski definition) is 5. The maximum Gasteiger partial charge on any atom is 0.227 e. The van der Waals surface area contributed by atoms with E-state index in [9.17, 15) is 19.1 Å². The number of aliphatic hydroxyl groups excluding tert-OH is 1. The molecule has 2 N–H and O–H groups in total. The summed E-state index contributed by atoms with van der Waals surface area (Å²) in [6.45, 7) is 5.52. The highest BCUT2D eigenvalue weighted by Gasteiger charge is 2.34. The number of nitrogens with zero attached hydrogens (tertiary/aromatic N) is 3. The van der Waals surface area contributed by atoms with Gasteiger partial charge in [0.25, 0.3) is 0 Å². The first-order valence-electron chi connectivity index (χ1n) is 15.0. The van der Waals surface area contributed by atoms with Crippen LogP contribution in [0, 0.1) is 5.82 Å². The monoisotopic (exact) mass is 618 g/mol. The fourth-order valence-corrected chi connectivity index (χ4v) is 6.46. The van der Waals surface area contributed by atoms with Crippen LogP contribution in [-0.2, 0) is 22.4 Å². The Balaban J connectivity index is 1.18. The molecular weight excluding hydrogens is 583 g/mol. The fourth-order valence-electron chi connectivity index (χ4n) is 6.29. The predicted octanol–water partition coefficient (Wildman–Crippen LogP) is 4.58. The molecule has 0 spiro atoms. The molecule has 2 unspecified atom stereocenters. The lowest BCUT2D eigenvalue weighted by atomic mass is 9.91. The van der Waals surface area contributed by atoms with Gasteiger partial charge in [0.05, 0.1) is 12.5 Å². The molecule has 3 aromatic carbocycles. The van der Waals surface area contributed by atoms with Gasteiger partial charge in [-0.2, -0.15) is 0 Å². The second-order valence-electron chi connectivity index (χ2n) is 11.6. The molecule has 2 aliphatic heterocycles. The van der Waals surface area contributed by atoms with E-state index < -0.39 is 6.10 Å². The normalized spacial score (nSPS) is 17.9. The Kier molecular flexibility index (Phi) is 8.88. The second kappa shape index (κ2) is 13.0. The first kappa shape index (κ1) is 30.1. The Morgan fingerprint density at radius 3 is 2.45 bits per heavy atom. The number of aromatic amines is 1. The molecule has 6 rings (SSSR count). The van der Waals surface area contributed by atoms with Crippen LogP contribution < -0.4 is 4.74 Å². The Hall–Kier alpha value is -3.92. The molecule has 4 aromatic rings. The second-order valence-corrected chi connectivity index (χ2v) is 12.0. The summed E-state index contributed by atoms with van der Waals surface area (Å²) in [6.07, 6.45) is 0.183. The standard InChI is InChI=1S/C34H36ClFN4O4/c1-22(41)39-16-14-38(15-17-39)20-27(42)21-44-28-9-4-24(5-10-28)34-33-29(30-19-25(35)6-11-31(30)37-33)12-13-40(34)32(43)18-23-2-7-26(36)8-3-23/h2-11,19,27,34,37,42H,12-18,20-21H2,1H3. The highest BCUT2D eigenvalue weighted by atomic mass is 35.5. The van der Waals surface area contributed by atoms with Crippen molar-refractivity contribution in [1.29, 1.82) is 0 Å². The SMILES string of the molecule is CC(=O)N1CCN(CC(O)COc2ccc(C3c4[nH]c5ccc(Cl)cc5c4CCN3C(=O)Cc3ccc(F)cc3)cc2)CC1. The van der Waals surface area contributed by atoms with Gasteiger partial charge in [-0.1, -0.05) is 35.9 Å². The van der Waals surface area contributed by atoms with E-state index in [1.165, 1.54) is 12.1 Å². The highest BCUT2D eigenvalue weighted by Crippen LogP contribution is 2.39. The molecule has 0 radical (unpaired) electrons. The quantitative estimate of drug-likeness (QED) is 0.302. The zero-order chi connectivity index (χ0) is 30.8. The van der Waals surface area contributed by atoms with Crippen molar-refractivity contribution in [2.24, 2.45) is 0 Å². The van der Waals surface area contributed by atoms with Gasteiger partial charge < -0.3 is 24.6 Å². The number of rotatable bonds is 8. The van der Waals surface area contributed by atoms with Gasteiger partial charge in [0.1, 0.15) is 24.3 Å². The smallest absolute Gasteiger partial charge is 0.227 e. The van der Waals surface area contributed by atoms with E-state index >= 15 is 0 Å². The van der Waals surface area contributed by atoms with E-state index in [-0.39, 0.29) is 36.7 Å². The number of ether oxygens (including phenoxy) is 1. The number of carbonyl (C=O) groups excluding carboxylic acids is 2. The number of amides is 2. The van der Waals surface area contributed by atoms with Crippen LogP contribution in [0.2, 0.25) is 5.02 Å². The zero-order valence-electron chi connectivity index (χ0n) is 24.6. The van der Waals surface area contributed by atoms with Gasteiger partial charge >= 0.3 is 0 Å². The van der Waals surface area contributed by atoms with Crippen LogP contribution in [0.25, 0.3) is 10.9 Å². The van der Waals surface area contributed by atoms with Crippen LogP contribution in [0.15, 0.2) is 66.7 Å². The summed E-state index contributed by atoms with van der Waals surface area (Å²) in [7, 11) is 0. The Morgan fingerprint density at radius 1 is 1.02 bits per heavy atom. The minimum absolute atomic E-state index is 0.0449. The summed E-state index contributed by atoms with van der Waals surface area (Å²) in [5, 5.41) is 12.3. The molecule has 2 atom stereocenters. The summed E-state index contributed by atoms with van der Waals surface area (Å²) in [6, 6.07) is 19.1. The lowest BCUT2D eigenvalue weighted by Gasteiger charge is -2.36. The molecule has 230 valence electrons. The van der Waals surface area contributed by atoms with Crippen LogP contribution >= 0.6 is 11.6 Å². The Labute approximate surface area is 261 Å². The van der Waals surface area contributed by atoms with E-state index in [2.05, 4.69) is 9.88 Å². The van der Waals surface area contributed by atoms with Crippen molar-refractivity contribution in [2.45, 2.75) is 31.9 Å². The van der Waals surface area contributed by atoms with Gasteiger partial charge in [0.2, 0.25) is 11.8 Å². The van der Waals surface area contributed by atoms with Gasteiger partial charge in [-0.05, 0) is 65.6 Å². The third-order valence-electron chi connectivity index (χ3n) is 8.60. The van der Waals surface area contributed by atoms with Crippen molar-refractivity contribution in [1.82, 2.24) is 19.7 Å². The number of aromatic nitrogens is 1. The van der Waals surface area contributed by atoms with Crippen LogP contribution in [0.1, 0.15) is 35.3 Å². The van der Waals surface area contributed by atoms with Crippen LogP contribution in [0.4, 0.5) is 4.39 Å². The number of carbonyl (C=O) groups is 2. The average Bonchev–Trinajstić information content (AvgIpc) is 3.39. The molecule has 0 saturated carbocycles. The maximum absolute atomic E-state index is 13.7. The average molecular weight is 619 g/mol. The first-order valence-corrected chi connectivity index (χ1v) is 15.4. The Morgan fingerprint density at radius 2 is 1.75 bits per heavy atom. The number of halogens is 2. The topological polar surface area (TPSA) is 89.1 Å². The lowest BCUT2D eigenvalue weighted by Crippen LogP contribution is -2.50. The number of fused-ring (bicyclic) bond motifs is 3. The fraction of sp³-hybridized carbons (Fsp3) is 0.353. The summed E-state index contributed by atoms with van der Waals surface area (Å²) < 4.78 is 19.4. The van der Waals surface area contributed by atoms with E-state index in [0.29, 0.717) is 43.4 Å². The van der Waals surface area contributed by atoms with Gasteiger partial charge in [-0.25, -0.2) is 4.39 Å². The number of nitrogens with one attached hydrogen (secondary N) is 1. The lowest BCUT2D eigenvalue weighted by molar-refractivity contribution is -0.132. The number of hydrogen-bond donors (Lipinski definition) is 2. The van der Waals surface area contributed by atoms with Crippen molar-refractivity contribution in [3.63, 3.8) is 0 Å². The summed E-state index contributed by atoms with van der Waals surface area (Å²) in [5.41, 5.74) is 4.74. The first-order chi connectivity index (χ1) is 21.2. The summed E-state index contributed by atoms with van der Waals surface area (Å²) in [5.74, 6) is 0.325. The number of aliphatic hydroxyl groups is 1. The molecule has 1 saturated heterocycles. The number of benzene rings is 3. The number of piperazine rings is 1. The van der Waals surface area contributed by atoms with Crippen molar-refractivity contribution >= 4 is 34.3 Å². The van der Waals surface area contributed by atoms with E-state index in [4.69, 9.17) is 16.3 Å².